The van der Waals surface area contributed by atoms with E-state index in [0.717, 1.165) is 11.1 Å². The van der Waals surface area contributed by atoms with Crippen LogP contribution in [0.3, 0.4) is 0 Å². The molecule has 1 N–H and O–H groups in total. The second kappa shape index (κ2) is 8.38. The quantitative estimate of drug-likeness (QED) is 0.659. The maximum absolute atomic E-state index is 13.1. The normalized spacial score (nSPS) is 16.5. The Hall–Kier alpha value is -3.20. The Morgan fingerprint density at radius 3 is 2.00 bits per heavy atom. The lowest BCUT2D eigenvalue weighted by atomic mass is 9.94. The summed E-state index contributed by atoms with van der Waals surface area (Å²) in [6.07, 6.45) is 0. The number of ether oxygens (including phenoxy) is 2. The minimum Gasteiger partial charge on any atom is -0.457 e. The zero-order chi connectivity index (χ0) is 22.1. The first-order valence-electron chi connectivity index (χ1n) is 10.4. The third-order valence-corrected chi connectivity index (χ3v) is 7.59. The lowest BCUT2D eigenvalue weighted by molar-refractivity contribution is 0.0730. The largest absolute Gasteiger partial charge is 0.457 e. The first kappa shape index (κ1) is 20.7. The fourth-order valence-corrected chi connectivity index (χ4v) is 5.40. The van der Waals surface area contributed by atoms with E-state index in [4.69, 9.17) is 9.47 Å². The number of fused-ring (bicyclic) bond motifs is 2. The van der Waals surface area contributed by atoms with Crippen LogP contribution in [0, 0.1) is 0 Å². The Morgan fingerprint density at radius 2 is 1.41 bits per heavy atom. The summed E-state index contributed by atoms with van der Waals surface area (Å²) in [4.78, 5) is 13.2. The van der Waals surface area contributed by atoms with Crippen LogP contribution in [0.2, 0.25) is 0 Å². The second-order valence-corrected chi connectivity index (χ2v) is 9.56. The van der Waals surface area contributed by atoms with E-state index >= 15 is 0 Å². The monoisotopic (exact) mass is 450 g/mol. The average molecular weight is 451 g/mol. The van der Waals surface area contributed by atoms with Gasteiger partial charge < -0.3 is 14.8 Å². The minimum atomic E-state index is -3.61. The molecular weight excluding hydrogens is 428 g/mol. The Kier molecular flexibility index (Phi) is 5.42. The minimum absolute atomic E-state index is 0.165. The van der Waals surface area contributed by atoms with Crippen molar-refractivity contribution in [2.75, 3.05) is 26.3 Å². The van der Waals surface area contributed by atoms with E-state index in [1.165, 1.54) is 16.4 Å². The number of nitrogens with zero attached hydrogens (tertiary/aromatic N) is 1. The third-order valence-electron chi connectivity index (χ3n) is 5.68. The summed E-state index contributed by atoms with van der Waals surface area (Å²) in [7, 11) is -3.61. The number of benzene rings is 3. The lowest BCUT2D eigenvalue weighted by Crippen LogP contribution is -2.40. The topological polar surface area (TPSA) is 84.9 Å². The molecule has 0 unspecified atom stereocenters. The molecular formula is C24H22N2O5S. The van der Waals surface area contributed by atoms with Crippen LogP contribution in [-0.2, 0) is 14.8 Å². The molecule has 164 valence electrons. The van der Waals surface area contributed by atoms with Crippen molar-refractivity contribution in [3.05, 3.63) is 89.5 Å². The molecule has 1 amide bonds. The number of hydrogen-bond acceptors (Lipinski definition) is 5. The number of sulfonamides is 1. The number of nitrogens with one attached hydrogen (secondary N) is 1. The number of amides is 1. The Labute approximate surface area is 186 Å². The van der Waals surface area contributed by atoms with Gasteiger partial charge >= 0.3 is 0 Å². The number of rotatable bonds is 4. The molecule has 0 saturated carbocycles. The van der Waals surface area contributed by atoms with E-state index in [9.17, 15) is 13.2 Å². The molecule has 0 atom stereocenters. The van der Waals surface area contributed by atoms with Gasteiger partial charge in [-0.3, -0.25) is 4.79 Å². The van der Waals surface area contributed by atoms with Crippen molar-refractivity contribution in [2.45, 2.75) is 10.9 Å². The van der Waals surface area contributed by atoms with Gasteiger partial charge in [-0.15, -0.1) is 0 Å². The summed E-state index contributed by atoms with van der Waals surface area (Å²) in [5.41, 5.74) is 2.12. The SMILES string of the molecule is O=C(NC1c2ccccc2Oc2ccccc21)c1ccc(S(=O)(=O)N2CCOCC2)cc1. The number of hydrogen-bond donors (Lipinski definition) is 1. The van der Waals surface area contributed by atoms with Crippen molar-refractivity contribution in [2.24, 2.45) is 0 Å². The molecule has 0 spiro atoms. The average Bonchev–Trinajstić information content (AvgIpc) is 2.84. The molecule has 2 aliphatic heterocycles. The first-order chi connectivity index (χ1) is 15.5. The van der Waals surface area contributed by atoms with Gasteiger partial charge in [0.05, 0.1) is 24.2 Å². The summed E-state index contributed by atoms with van der Waals surface area (Å²) in [5.74, 6) is 1.10. The molecule has 32 heavy (non-hydrogen) atoms. The molecule has 0 radical (unpaired) electrons. The van der Waals surface area contributed by atoms with Crippen molar-refractivity contribution in [3.8, 4) is 11.5 Å². The Balaban J connectivity index is 1.39. The predicted molar refractivity (Wildman–Crippen MR) is 118 cm³/mol. The van der Waals surface area contributed by atoms with E-state index in [1.807, 2.05) is 48.5 Å². The number of morpholine rings is 1. The van der Waals surface area contributed by atoms with Crippen molar-refractivity contribution >= 4 is 15.9 Å². The summed E-state index contributed by atoms with van der Waals surface area (Å²) < 4.78 is 38.2. The van der Waals surface area contributed by atoms with Crippen LogP contribution in [0.25, 0.3) is 0 Å². The van der Waals surface area contributed by atoms with Gasteiger partial charge in [-0.05, 0) is 36.4 Å². The summed E-state index contributed by atoms with van der Waals surface area (Å²) in [6.45, 7) is 1.42. The van der Waals surface area contributed by atoms with E-state index in [1.54, 1.807) is 12.1 Å². The van der Waals surface area contributed by atoms with Gasteiger partial charge in [0.15, 0.2) is 0 Å². The number of para-hydroxylation sites is 2. The molecule has 7 nitrogen and oxygen atoms in total. The first-order valence-corrected chi connectivity index (χ1v) is 11.8. The molecule has 3 aromatic rings. The summed E-state index contributed by atoms with van der Waals surface area (Å²) >= 11 is 0. The van der Waals surface area contributed by atoms with Crippen LogP contribution in [-0.4, -0.2) is 44.9 Å². The molecule has 0 bridgehead atoms. The number of carbonyl (C=O) groups is 1. The van der Waals surface area contributed by atoms with Gasteiger partial charge in [0.2, 0.25) is 10.0 Å². The molecule has 0 aromatic heterocycles. The fourth-order valence-electron chi connectivity index (χ4n) is 3.99. The standard InChI is InChI=1S/C24H22N2O5S/c27-24(17-9-11-18(12-10-17)32(28,29)26-13-15-30-16-14-26)25-23-19-5-1-3-7-21(19)31-22-8-4-2-6-20(22)23/h1-12,23H,13-16H2,(H,25,27). The molecule has 8 heteroatoms. The maximum Gasteiger partial charge on any atom is 0.252 e. The zero-order valence-electron chi connectivity index (χ0n) is 17.2. The van der Waals surface area contributed by atoms with Gasteiger partial charge in [-0.2, -0.15) is 4.31 Å². The molecule has 2 aliphatic rings. The highest BCUT2D eigenvalue weighted by Crippen LogP contribution is 2.42. The fraction of sp³-hybridized carbons (Fsp3) is 0.208. The lowest BCUT2D eigenvalue weighted by Gasteiger charge is -2.29. The highest BCUT2D eigenvalue weighted by molar-refractivity contribution is 7.89. The number of carbonyl (C=O) groups excluding carboxylic acids is 1. The van der Waals surface area contributed by atoms with E-state index in [-0.39, 0.29) is 16.8 Å². The van der Waals surface area contributed by atoms with Gasteiger partial charge in [-0.1, -0.05) is 36.4 Å². The van der Waals surface area contributed by atoms with E-state index in [2.05, 4.69) is 5.32 Å². The molecule has 2 heterocycles. The van der Waals surface area contributed by atoms with Gasteiger partial charge in [0.25, 0.3) is 5.91 Å². The highest BCUT2D eigenvalue weighted by atomic mass is 32.2. The van der Waals surface area contributed by atoms with Crippen LogP contribution < -0.4 is 10.1 Å². The zero-order valence-corrected chi connectivity index (χ0v) is 18.0. The van der Waals surface area contributed by atoms with Crippen LogP contribution in [0.1, 0.15) is 27.5 Å². The van der Waals surface area contributed by atoms with Gasteiger partial charge in [-0.25, -0.2) is 8.42 Å². The Morgan fingerprint density at radius 1 is 0.844 bits per heavy atom. The molecule has 0 aliphatic carbocycles. The van der Waals surface area contributed by atoms with Crippen molar-refractivity contribution < 1.29 is 22.7 Å². The molecule has 1 saturated heterocycles. The molecule has 1 fully saturated rings. The van der Waals surface area contributed by atoms with Crippen LogP contribution in [0.5, 0.6) is 11.5 Å². The third kappa shape index (κ3) is 3.77. The van der Waals surface area contributed by atoms with Gasteiger partial charge in [0, 0.05) is 29.8 Å². The molecule has 3 aromatic carbocycles. The Bertz CT molecular complexity index is 1210. The summed E-state index contributed by atoms with van der Waals surface area (Å²) in [5, 5.41) is 3.07. The van der Waals surface area contributed by atoms with Crippen LogP contribution >= 0.6 is 0 Å². The maximum atomic E-state index is 13.1. The van der Waals surface area contributed by atoms with Crippen molar-refractivity contribution in [3.63, 3.8) is 0 Å². The smallest absolute Gasteiger partial charge is 0.252 e. The molecule has 5 rings (SSSR count). The predicted octanol–water partition coefficient (Wildman–Crippen LogP) is 3.33. The van der Waals surface area contributed by atoms with E-state index in [0.29, 0.717) is 43.4 Å². The summed E-state index contributed by atoms with van der Waals surface area (Å²) in [6, 6.07) is 20.8. The van der Waals surface area contributed by atoms with Crippen LogP contribution in [0.4, 0.5) is 0 Å². The van der Waals surface area contributed by atoms with Crippen molar-refractivity contribution in [1.29, 1.82) is 0 Å². The van der Waals surface area contributed by atoms with Crippen molar-refractivity contribution in [1.82, 2.24) is 9.62 Å². The van der Waals surface area contributed by atoms with E-state index < -0.39 is 10.0 Å². The van der Waals surface area contributed by atoms with Gasteiger partial charge in [0.1, 0.15) is 11.5 Å². The highest BCUT2D eigenvalue weighted by Gasteiger charge is 2.29. The second-order valence-electron chi connectivity index (χ2n) is 7.63. The van der Waals surface area contributed by atoms with Crippen LogP contribution in [0.15, 0.2) is 77.7 Å².